The van der Waals surface area contributed by atoms with E-state index in [0.717, 1.165) is 12.1 Å². The number of likely N-dealkylation sites (tertiary alicyclic amines) is 1. The van der Waals surface area contributed by atoms with E-state index in [0.29, 0.717) is 32.0 Å². The van der Waals surface area contributed by atoms with Crippen molar-refractivity contribution in [3.8, 4) is 0 Å². The lowest BCUT2D eigenvalue weighted by atomic mass is 10.1. The second kappa shape index (κ2) is 8.24. The van der Waals surface area contributed by atoms with Gasteiger partial charge in [-0.25, -0.2) is 14.0 Å². The molecule has 1 aliphatic rings. The Morgan fingerprint density at radius 2 is 1.88 bits per heavy atom. The molecule has 1 fully saturated rings. The van der Waals surface area contributed by atoms with Crippen LogP contribution < -0.4 is 16.0 Å². The molecule has 1 aromatic rings. The summed E-state index contributed by atoms with van der Waals surface area (Å²) in [5, 5.41) is 7.62. The summed E-state index contributed by atoms with van der Waals surface area (Å²) in [5.74, 6) is -0.988. The molecule has 10 heteroatoms. The van der Waals surface area contributed by atoms with Crippen molar-refractivity contribution in [2.24, 2.45) is 0 Å². The van der Waals surface area contributed by atoms with Crippen molar-refractivity contribution in [1.82, 2.24) is 20.9 Å². The number of nitrogens with one attached hydrogen (secondary N) is 3. The van der Waals surface area contributed by atoms with Crippen molar-refractivity contribution in [3.63, 3.8) is 0 Å². The number of halogens is 4. The first-order valence-electron chi connectivity index (χ1n) is 8.07. The van der Waals surface area contributed by atoms with Crippen molar-refractivity contribution in [2.45, 2.75) is 31.6 Å². The van der Waals surface area contributed by atoms with Crippen molar-refractivity contribution in [3.05, 3.63) is 35.1 Å². The topological polar surface area (TPSA) is 73.5 Å². The second-order valence-electron chi connectivity index (χ2n) is 5.94. The fourth-order valence-corrected chi connectivity index (χ4v) is 2.73. The van der Waals surface area contributed by atoms with Crippen LogP contribution in [0.25, 0.3) is 0 Å². The van der Waals surface area contributed by atoms with Crippen LogP contribution in [0.2, 0.25) is 0 Å². The van der Waals surface area contributed by atoms with Crippen LogP contribution in [-0.4, -0.2) is 43.1 Å². The second-order valence-corrected chi connectivity index (χ2v) is 5.94. The van der Waals surface area contributed by atoms with Crippen LogP contribution in [0.1, 0.15) is 24.0 Å². The molecule has 0 radical (unpaired) electrons. The van der Waals surface area contributed by atoms with Gasteiger partial charge in [0.15, 0.2) is 0 Å². The Morgan fingerprint density at radius 1 is 1.23 bits per heavy atom. The van der Waals surface area contributed by atoms with Gasteiger partial charge in [0.1, 0.15) is 5.82 Å². The lowest BCUT2D eigenvalue weighted by Gasteiger charge is -2.32. The summed E-state index contributed by atoms with van der Waals surface area (Å²) < 4.78 is 52.0. The summed E-state index contributed by atoms with van der Waals surface area (Å²) in [6.45, 7) is 0.385. The normalized spacial score (nSPS) is 15.5. The maximum atomic E-state index is 13.1. The first-order chi connectivity index (χ1) is 12.2. The number of alkyl halides is 3. The minimum atomic E-state index is -4.70. The monoisotopic (exact) mass is 376 g/mol. The molecule has 144 valence electrons. The van der Waals surface area contributed by atoms with Crippen molar-refractivity contribution in [1.29, 1.82) is 0 Å². The molecule has 1 saturated heterocycles. The molecule has 3 N–H and O–H groups in total. The molecule has 0 aromatic heterocycles. The molecule has 0 unspecified atom stereocenters. The highest BCUT2D eigenvalue weighted by Crippen LogP contribution is 2.32. The van der Waals surface area contributed by atoms with Gasteiger partial charge in [0, 0.05) is 32.7 Å². The van der Waals surface area contributed by atoms with Gasteiger partial charge in [0.2, 0.25) is 0 Å². The number of carbonyl (C=O) groups excluding carboxylic acids is 2. The Labute approximate surface area is 147 Å². The number of amides is 4. The Balaban J connectivity index is 1.89. The third-order valence-electron chi connectivity index (χ3n) is 4.15. The van der Waals surface area contributed by atoms with Crippen molar-refractivity contribution < 1.29 is 27.2 Å². The van der Waals surface area contributed by atoms with Gasteiger partial charge in [-0.3, -0.25) is 0 Å². The first kappa shape index (κ1) is 19.8. The highest BCUT2D eigenvalue weighted by molar-refractivity contribution is 5.75. The third kappa shape index (κ3) is 5.24. The molecule has 1 heterocycles. The van der Waals surface area contributed by atoms with Crippen molar-refractivity contribution >= 4 is 12.1 Å². The number of carbonyl (C=O) groups is 2. The van der Waals surface area contributed by atoms with Gasteiger partial charge in [0.25, 0.3) is 0 Å². The zero-order valence-corrected chi connectivity index (χ0v) is 14.1. The summed E-state index contributed by atoms with van der Waals surface area (Å²) in [6.07, 6.45) is -3.61. The molecule has 1 aliphatic heterocycles. The molecule has 26 heavy (non-hydrogen) atoms. The van der Waals surface area contributed by atoms with Gasteiger partial charge >= 0.3 is 18.2 Å². The largest absolute Gasteiger partial charge is 0.416 e. The average Bonchev–Trinajstić information content (AvgIpc) is 2.60. The van der Waals surface area contributed by atoms with E-state index >= 15 is 0 Å². The van der Waals surface area contributed by atoms with Gasteiger partial charge in [-0.05, 0) is 30.5 Å². The van der Waals surface area contributed by atoms with E-state index in [4.69, 9.17) is 0 Å². The lowest BCUT2D eigenvalue weighted by Crippen LogP contribution is -2.50. The van der Waals surface area contributed by atoms with Crippen LogP contribution >= 0.6 is 0 Å². The molecule has 0 bridgehead atoms. The van der Waals surface area contributed by atoms with Gasteiger partial charge < -0.3 is 20.9 Å². The maximum absolute atomic E-state index is 13.1. The van der Waals surface area contributed by atoms with E-state index < -0.39 is 23.6 Å². The van der Waals surface area contributed by atoms with E-state index in [1.807, 2.05) is 0 Å². The number of hydrogen-bond acceptors (Lipinski definition) is 2. The quantitative estimate of drug-likeness (QED) is 0.709. The Morgan fingerprint density at radius 3 is 2.46 bits per heavy atom. The number of benzene rings is 1. The van der Waals surface area contributed by atoms with Crippen molar-refractivity contribution in [2.75, 3.05) is 20.1 Å². The van der Waals surface area contributed by atoms with Crippen LogP contribution in [0, 0.1) is 5.82 Å². The van der Waals surface area contributed by atoms with Gasteiger partial charge in [-0.2, -0.15) is 13.2 Å². The predicted octanol–water partition coefficient (Wildman–Crippen LogP) is 2.45. The Hall–Kier alpha value is -2.52. The fraction of sp³-hybridized carbons (Fsp3) is 0.500. The smallest absolute Gasteiger partial charge is 0.341 e. The summed E-state index contributed by atoms with van der Waals surface area (Å²) in [6, 6.07) is 1.49. The van der Waals surface area contributed by atoms with Crippen LogP contribution in [0.15, 0.2) is 18.2 Å². The molecule has 0 aliphatic carbocycles. The first-order valence-corrected chi connectivity index (χ1v) is 8.07. The van der Waals surface area contributed by atoms with Crippen LogP contribution in [0.5, 0.6) is 0 Å². The SMILES string of the molecule is CNC(=O)NC1CCN(C(=O)NCc2ccc(F)cc2C(F)(F)F)CC1. The van der Waals surface area contributed by atoms with E-state index in [9.17, 15) is 27.2 Å². The van der Waals surface area contributed by atoms with Gasteiger partial charge in [-0.1, -0.05) is 6.07 Å². The average molecular weight is 376 g/mol. The molecule has 2 rings (SSSR count). The Kier molecular flexibility index (Phi) is 6.27. The van der Waals surface area contributed by atoms with Crippen LogP contribution in [0.4, 0.5) is 27.2 Å². The molecule has 1 aromatic carbocycles. The lowest BCUT2D eigenvalue weighted by molar-refractivity contribution is -0.138. The number of rotatable bonds is 3. The minimum absolute atomic E-state index is 0.0621. The highest BCUT2D eigenvalue weighted by atomic mass is 19.4. The molecule has 6 nitrogen and oxygen atoms in total. The van der Waals surface area contributed by atoms with Gasteiger partial charge in [0.05, 0.1) is 5.56 Å². The summed E-state index contributed by atoms with van der Waals surface area (Å²) >= 11 is 0. The molecular weight excluding hydrogens is 356 g/mol. The predicted molar refractivity (Wildman–Crippen MR) is 85.8 cm³/mol. The zero-order valence-electron chi connectivity index (χ0n) is 14.1. The number of urea groups is 2. The van der Waals surface area contributed by atoms with E-state index in [2.05, 4.69) is 16.0 Å². The molecule has 4 amide bonds. The molecular formula is C16H20F4N4O2. The summed E-state index contributed by atoms with van der Waals surface area (Å²) in [4.78, 5) is 24.9. The zero-order chi connectivity index (χ0) is 19.3. The third-order valence-corrected chi connectivity index (χ3v) is 4.15. The minimum Gasteiger partial charge on any atom is -0.341 e. The fourth-order valence-electron chi connectivity index (χ4n) is 2.73. The molecule has 0 saturated carbocycles. The Bertz CT molecular complexity index is 658. The molecule has 0 atom stereocenters. The summed E-state index contributed by atoms with van der Waals surface area (Å²) in [5.41, 5.74) is -1.31. The van der Waals surface area contributed by atoms with E-state index in [1.54, 1.807) is 0 Å². The number of piperidine rings is 1. The van der Waals surface area contributed by atoms with Gasteiger partial charge in [-0.15, -0.1) is 0 Å². The number of hydrogen-bond donors (Lipinski definition) is 3. The maximum Gasteiger partial charge on any atom is 0.416 e. The highest BCUT2D eigenvalue weighted by Gasteiger charge is 2.34. The standard InChI is InChI=1S/C16H20F4N4O2/c1-21-14(25)23-12-4-6-24(7-5-12)15(26)22-9-10-2-3-11(17)8-13(10)16(18,19)20/h2-3,8,12H,4-7,9H2,1H3,(H,22,26)(H2,21,23,25). The summed E-state index contributed by atoms with van der Waals surface area (Å²) in [7, 11) is 1.50. The number of nitrogens with zero attached hydrogens (tertiary/aromatic N) is 1. The van der Waals surface area contributed by atoms with Crippen LogP contribution in [0.3, 0.4) is 0 Å². The van der Waals surface area contributed by atoms with E-state index in [-0.39, 0.29) is 24.2 Å². The van der Waals surface area contributed by atoms with Crippen LogP contribution in [-0.2, 0) is 12.7 Å². The van der Waals surface area contributed by atoms with E-state index in [1.165, 1.54) is 11.9 Å². The molecule has 0 spiro atoms.